The highest BCUT2D eigenvalue weighted by Crippen LogP contribution is 2.13. The lowest BCUT2D eigenvalue weighted by Crippen LogP contribution is -1.91. The normalized spacial score (nSPS) is 12.8. The van der Waals surface area contributed by atoms with Gasteiger partial charge in [0.25, 0.3) is 0 Å². The first-order chi connectivity index (χ1) is 7.11. The Labute approximate surface area is 93.0 Å². The van der Waals surface area contributed by atoms with Gasteiger partial charge < -0.3 is 9.53 Å². The molecular formula is C13H22O2. The summed E-state index contributed by atoms with van der Waals surface area (Å²) in [6.45, 7) is 5.77. The van der Waals surface area contributed by atoms with Crippen molar-refractivity contribution in [2.24, 2.45) is 0 Å². The van der Waals surface area contributed by atoms with Crippen molar-refractivity contribution in [3.05, 3.63) is 23.5 Å². The van der Waals surface area contributed by atoms with Crippen LogP contribution in [0.5, 0.6) is 0 Å². The molecule has 0 aliphatic rings. The molecule has 2 nitrogen and oxygen atoms in total. The largest absolute Gasteiger partial charge is 0.497 e. The molecule has 0 bridgehead atoms. The van der Waals surface area contributed by atoms with Crippen molar-refractivity contribution in [3.8, 4) is 0 Å². The van der Waals surface area contributed by atoms with Crippen LogP contribution in [-0.4, -0.2) is 12.9 Å². The highest BCUT2D eigenvalue weighted by molar-refractivity contribution is 5.75. The van der Waals surface area contributed by atoms with Gasteiger partial charge in [-0.05, 0) is 38.3 Å². The molecular weight excluding hydrogens is 188 g/mol. The fourth-order valence-electron chi connectivity index (χ4n) is 1.27. The van der Waals surface area contributed by atoms with E-state index in [1.54, 1.807) is 14.0 Å². The number of ether oxygens (including phenoxy) is 1. The van der Waals surface area contributed by atoms with E-state index in [-0.39, 0.29) is 5.78 Å². The van der Waals surface area contributed by atoms with Gasteiger partial charge in [0, 0.05) is 6.42 Å². The van der Waals surface area contributed by atoms with Crippen LogP contribution in [0.15, 0.2) is 23.5 Å². The fourth-order valence-corrected chi connectivity index (χ4v) is 1.27. The van der Waals surface area contributed by atoms with Gasteiger partial charge in [0.15, 0.2) is 0 Å². The van der Waals surface area contributed by atoms with E-state index in [1.165, 1.54) is 0 Å². The molecule has 0 aromatic carbocycles. The molecule has 0 unspecified atom stereocenters. The Morgan fingerprint density at radius 2 is 1.87 bits per heavy atom. The standard InChI is InChI=1S/C13H22O2/c1-5-6-10-13(15-4)11(2)8-7-9-12(3)14/h8,10H,5-7,9H2,1-4H3/b11-8?,13-10+. The first kappa shape index (κ1) is 13.9. The molecule has 0 aromatic rings. The average Bonchev–Trinajstić information content (AvgIpc) is 2.18. The Morgan fingerprint density at radius 1 is 1.20 bits per heavy atom. The Bertz CT molecular complexity index is 249. The number of methoxy groups -OCH3 is 1. The third kappa shape index (κ3) is 6.95. The van der Waals surface area contributed by atoms with Crippen LogP contribution in [0.3, 0.4) is 0 Å². The summed E-state index contributed by atoms with van der Waals surface area (Å²) in [5.74, 6) is 1.16. The van der Waals surface area contributed by atoms with Gasteiger partial charge in [0.05, 0.1) is 7.11 Å². The van der Waals surface area contributed by atoms with Gasteiger partial charge in [0.2, 0.25) is 0 Å². The lowest BCUT2D eigenvalue weighted by atomic mass is 10.1. The highest BCUT2D eigenvalue weighted by atomic mass is 16.5. The molecule has 0 aromatic heterocycles. The van der Waals surface area contributed by atoms with Crippen LogP contribution in [0.2, 0.25) is 0 Å². The van der Waals surface area contributed by atoms with E-state index in [0.29, 0.717) is 6.42 Å². The van der Waals surface area contributed by atoms with E-state index in [2.05, 4.69) is 19.1 Å². The first-order valence-electron chi connectivity index (χ1n) is 5.52. The number of hydrogen-bond acceptors (Lipinski definition) is 2. The van der Waals surface area contributed by atoms with Crippen molar-refractivity contribution < 1.29 is 9.53 Å². The molecule has 0 fully saturated rings. The summed E-state index contributed by atoms with van der Waals surface area (Å²) in [6, 6.07) is 0. The van der Waals surface area contributed by atoms with E-state index in [1.807, 2.05) is 6.92 Å². The number of carbonyl (C=O) groups excluding carboxylic acids is 1. The number of hydrogen-bond donors (Lipinski definition) is 0. The molecule has 2 heteroatoms. The molecule has 0 spiro atoms. The number of ketones is 1. The molecule has 0 radical (unpaired) electrons. The molecule has 0 heterocycles. The maximum Gasteiger partial charge on any atom is 0.130 e. The van der Waals surface area contributed by atoms with Gasteiger partial charge in [-0.3, -0.25) is 0 Å². The van der Waals surface area contributed by atoms with E-state index in [0.717, 1.165) is 30.6 Å². The summed E-state index contributed by atoms with van der Waals surface area (Å²) in [5.41, 5.74) is 1.12. The Morgan fingerprint density at radius 3 is 2.33 bits per heavy atom. The highest BCUT2D eigenvalue weighted by Gasteiger charge is 1.98. The molecule has 0 rings (SSSR count). The number of carbonyl (C=O) groups is 1. The molecule has 0 atom stereocenters. The average molecular weight is 210 g/mol. The van der Waals surface area contributed by atoms with Crippen molar-refractivity contribution >= 4 is 5.78 Å². The second kappa shape index (κ2) is 8.27. The predicted octanol–water partition coefficient (Wildman–Crippen LogP) is 3.63. The van der Waals surface area contributed by atoms with Gasteiger partial charge in [0.1, 0.15) is 11.5 Å². The Balaban J connectivity index is 4.24. The van der Waals surface area contributed by atoms with Crippen molar-refractivity contribution in [2.75, 3.05) is 7.11 Å². The van der Waals surface area contributed by atoms with Crippen LogP contribution < -0.4 is 0 Å². The van der Waals surface area contributed by atoms with Crippen molar-refractivity contribution in [2.45, 2.75) is 46.5 Å². The van der Waals surface area contributed by atoms with Gasteiger partial charge in [-0.25, -0.2) is 0 Å². The van der Waals surface area contributed by atoms with Crippen LogP contribution in [0.4, 0.5) is 0 Å². The Hall–Kier alpha value is -1.05. The lowest BCUT2D eigenvalue weighted by molar-refractivity contribution is -0.116. The van der Waals surface area contributed by atoms with Crippen LogP contribution in [0, 0.1) is 0 Å². The first-order valence-corrected chi connectivity index (χ1v) is 5.52. The predicted molar refractivity (Wildman–Crippen MR) is 63.7 cm³/mol. The summed E-state index contributed by atoms with van der Waals surface area (Å²) < 4.78 is 5.28. The zero-order chi connectivity index (χ0) is 11.7. The molecule has 15 heavy (non-hydrogen) atoms. The number of rotatable bonds is 7. The van der Waals surface area contributed by atoms with E-state index in [4.69, 9.17) is 4.74 Å². The third-order valence-corrected chi connectivity index (χ3v) is 2.17. The molecule has 0 saturated carbocycles. The van der Waals surface area contributed by atoms with Gasteiger partial charge >= 0.3 is 0 Å². The summed E-state index contributed by atoms with van der Waals surface area (Å²) >= 11 is 0. The van der Waals surface area contributed by atoms with Crippen molar-refractivity contribution in [3.63, 3.8) is 0 Å². The maximum atomic E-state index is 10.8. The van der Waals surface area contributed by atoms with Gasteiger partial charge in [-0.15, -0.1) is 0 Å². The maximum absolute atomic E-state index is 10.8. The monoisotopic (exact) mass is 210 g/mol. The summed E-state index contributed by atoms with van der Waals surface area (Å²) in [6.07, 6.45) is 7.72. The van der Waals surface area contributed by atoms with Gasteiger partial charge in [-0.2, -0.15) is 0 Å². The third-order valence-electron chi connectivity index (χ3n) is 2.17. The van der Waals surface area contributed by atoms with Crippen LogP contribution >= 0.6 is 0 Å². The molecule has 0 aliphatic carbocycles. The van der Waals surface area contributed by atoms with Gasteiger partial charge in [-0.1, -0.05) is 19.4 Å². The second-order valence-corrected chi connectivity index (χ2v) is 3.69. The minimum Gasteiger partial charge on any atom is -0.497 e. The molecule has 0 N–H and O–H groups in total. The van der Waals surface area contributed by atoms with Crippen LogP contribution in [-0.2, 0) is 9.53 Å². The summed E-state index contributed by atoms with van der Waals surface area (Å²) in [7, 11) is 1.68. The quantitative estimate of drug-likeness (QED) is 0.474. The molecule has 86 valence electrons. The number of unbranched alkanes of at least 4 members (excludes halogenated alkanes) is 1. The zero-order valence-electron chi connectivity index (χ0n) is 10.3. The summed E-state index contributed by atoms with van der Waals surface area (Å²) in [5, 5.41) is 0. The fraction of sp³-hybridized carbons (Fsp3) is 0.615. The molecule has 0 amide bonds. The number of Topliss-reactive ketones (excluding diaryl/α,β-unsaturated/α-hetero) is 1. The number of allylic oxidation sites excluding steroid dienone is 3. The minimum absolute atomic E-state index is 0.232. The summed E-state index contributed by atoms with van der Waals surface area (Å²) in [4.78, 5) is 10.8. The van der Waals surface area contributed by atoms with E-state index in [9.17, 15) is 4.79 Å². The second-order valence-electron chi connectivity index (χ2n) is 3.69. The van der Waals surface area contributed by atoms with Crippen LogP contribution in [0.25, 0.3) is 0 Å². The molecule has 0 aliphatic heterocycles. The van der Waals surface area contributed by atoms with Crippen molar-refractivity contribution in [1.29, 1.82) is 0 Å². The smallest absolute Gasteiger partial charge is 0.130 e. The van der Waals surface area contributed by atoms with Crippen molar-refractivity contribution in [1.82, 2.24) is 0 Å². The van der Waals surface area contributed by atoms with Crippen LogP contribution in [0.1, 0.15) is 46.5 Å². The zero-order valence-corrected chi connectivity index (χ0v) is 10.3. The minimum atomic E-state index is 0.232. The SMILES string of the molecule is CCC/C=C(/OC)C(C)=CCCC(C)=O. The lowest BCUT2D eigenvalue weighted by Gasteiger charge is -2.06. The topological polar surface area (TPSA) is 26.3 Å². The molecule has 0 saturated heterocycles. The Kier molecular flexibility index (Phi) is 7.69. The van der Waals surface area contributed by atoms with E-state index >= 15 is 0 Å². The van der Waals surface area contributed by atoms with E-state index < -0.39 is 0 Å².